The Hall–Kier alpha value is -0.590. The average molecular weight is 244 g/mol. The molecule has 2 aliphatic heterocycles. The standard InChI is InChI=1S/C9H12N2O2S2/c1-10-8(12)7(15-9(10)14)6-11-2-4-13-5-3-11/h6H,2-5H2,1H3/b7-6-. The zero-order chi connectivity index (χ0) is 10.8. The van der Waals surface area contributed by atoms with Crippen molar-refractivity contribution in [2.75, 3.05) is 33.4 Å². The number of hydrogen-bond donors (Lipinski definition) is 0. The molecule has 82 valence electrons. The summed E-state index contributed by atoms with van der Waals surface area (Å²) in [6.45, 7) is 3.13. The lowest BCUT2D eigenvalue weighted by Crippen LogP contribution is -2.32. The van der Waals surface area contributed by atoms with E-state index in [1.807, 2.05) is 6.20 Å². The van der Waals surface area contributed by atoms with Gasteiger partial charge in [-0.1, -0.05) is 24.0 Å². The van der Waals surface area contributed by atoms with Crippen LogP contribution in [0.25, 0.3) is 0 Å². The second-order valence-electron chi connectivity index (χ2n) is 3.37. The molecule has 0 N–H and O–H groups in total. The number of nitrogens with zero attached hydrogens (tertiary/aromatic N) is 2. The van der Waals surface area contributed by atoms with Crippen LogP contribution in [0.1, 0.15) is 0 Å². The molecule has 2 aliphatic rings. The van der Waals surface area contributed by atoms with Gasteiger partial charge in [-0.2, -0.15) is 0 Å². The summed E-state index contributed by atoms with van der Waals surface area (Å²) in [5.41, 5.74) is 0. The van der Waals surface area contributed by atoms with Crippen molar-refractivity contribution in [3.63, 3.8) is 0 Å². The molecule has 0 spiro atoms. The van der Waals surface area contributed by atoms with Crippen LogP contribution in [0.5, 0.6) is 0 Å². The van der Waals surface area contributed by atoms with Crippen LogP contribution in [0.3, 0.4) is 0 Å². The van der Waals surface area contributed by atoms with E-state index in [9.17, 15) is 4.79 Å². The van der Waals surface area contributed by atoms with Gasteiger partial charge >= 0.3 is 0 Å². The lowest BCUT2D eigenvalue weighted by atomic mass is 10.4. The van der Waals surface area contributed by atoms with Crippen LogP contribution in [0.4, 0.5) is 0 Å². The van der Waals surface area contributed by atoms with E-state index in [0.29, 0.717) is 9.23 Å². The molecule has 0 aromatic rings. The Kier molecular flexibility index (Phi) is 3.28. The zero-order valence-corrected chi connectivity index (χ0v) is 10.1. The van der Waals surface area contributed by atoms with Gasteiger partial charge in [-0.05, 0) is 0 Å². The lowest BCUT2D eigenvalue weighted by Gasteiger charge is -2.25. The molecule has 2 rings (SSSR count). The highest BCUT2D eigenvalue weighted by molar-refractivity contribution is 8.26. The highest BCUT2D eigenvalue weighted by Gasteiger charge is 2.29. The Morgan fingerprint density at radius 1 is 1.47 bits per heavy atom. The molecular weight excluding hydrogens is 232 g/mol. The smallest absolute Gasteiger partial charge is 0.267 e. The molecule has 0 atom stereocenters. The van der Waals surface area contributed by atoms with Crippen molar-refractivity contribution in [2.24, 2.45) is 0 Å². The Bertz CT molecular complexity index is 324. The normalized spacial score (nSPS) is 25.5. The van der Waals surface area contributed by atoms with Crippen molar-refractivity contribution in [1.29, 1.82) is 0 Å². The first-order chi connectivity index (χ1) is 7.18. The van der Waals surface area contributed by atoms with Gasteiger partial charge in [-0.15, -0.1) is 0 Å². The number of morpholine rings is 1. The molecule has 2 saturated heterocycles. The first kappa shape index (κ1) is 10.9. The number of rotatable bonds is 1. The monoisotopic (exact) mass is 244 g/mol. The van der Waals surface area contributed by atoms with Crippen molar-refractivity contribution in [2.45, 2.75) is 0 Å². The maximum absolute atomic E-state index is 11.7. The molecule has 0 saturated carbocycles. The molecule has 0 bridgehead atoms. The van der Waals surface area contributed by atoms with E-state index < -0.39 is 0 Å². The number of likely N-dealkylation sites (N-methyl/N-ethyl adjacent to an activating group) is 1. The minimum absolute atomic E-state index is 0.00325. The van der Waals surface area contributed by atoms with Gasteiger partial charge in [0.25, 0.3) is 5.91 Å². The van der Waals surface area contributed by atoms with Crippen LogP contribution in [-0.2, 0) is 9.53 Å². The maximum Gasteiger partial charge on any atom is 0.267 e. The van der Waals surface area contributed by atoms with Crippen LogP contribution in [-0.4, -0.2) is 53.4 Å². The molecule has 0 unspecified atom stereocenters. The summed E-state index contributed by atoms with van der Waals surface area (Å²) in [6.07, 6.45) is 1.89. The van der Waals surface area contributed by atoms with Gasteiger partial charge in [0.05, 0.1) is 18.1 Å². The Morgan fingerprint density at radius 2 is 2.13 bits per heavy atom. The molecule has 2 fully saturated rings. The molecule has 0 aromatic heterocycles. The third-order valence-corrected chi connectivity index (χ3v) is 3.80. The van der Waals surface area contributed by atoms with Crippen molar-refractivity contribution in [3.05, 3.63) is 11.1 Å². The molecule has 0 aliphatic carbocycles. The molecule has 1 amide bonds. The van der Waals surface area contributed by atoms with Gasteiger partial charge in [0.15, 0.2) is 0 Å². The third-order valence-electron chi connectivity index (χ3n) is 2.33. The third kappa shape index (κ3) is 2.32. The zero-order valence-electron chi connectivity index (χ0n) is 8.43. The maximum atomic E-state index is 11.7. The van der Waals surface area contributed by atoms with E-state index >= 15 is 0 Å². The summed E-state index contributed by atoms with van der Waals surface area (Å²) < 4.78 is 5.86. The van der Waals surface area contributed by atoms with Gasteiger partial charge in [-0.3, -0.25) is 9.69 Å². The van der Waals surface area contributed by atoms with Crippen LogP contribution >= 0.6 is 24.0 Å². The minimum atomic E-state index is -0.00325. The average Bonchev–Trinajstić information content (AvgIpc) is 2.48. The number of carbonyl (C=O) groups is 1. The van der Waals surface area contributed by atoms with Crippen LogP contribution in [0, 0.1) is 0 Å². The molecule has 0 aromatic carbocycles. The van der Waals surface area contributed by atoms with E-state index in [1.54, 1.807) is 7.05 Å². The first-order valence-corrected chi connectivity index (χ1v) is 5.94. The number of thioether (sulfide) groups is 1. The van der Waals surface area contributed by atoms with E-state index in [4.69, 9.17) is 17.0 Å². The number of hydrogen-bond acceptors (Lipinski definition) is 5. The second kappa shape index (κ2) is 4.51. The number of thiocarbonyl (C=S) groups is 1. The summed E-state index contributed by atoms with van der Waals surface area (Å²) in [6, 6.07) is 0. The van der Waals surface area contributed by atoms with Gasteiger partial charge in [0.2, 0.25) is 0 Å². The Labute approximate surface area is 98.2 Å². The summed E-state index contributed by atoms with van der Waals surface area (Å²) >= 11 is 6.41. The van der Waals surface area contributed by atoms with Crippen molar-refractivity contribution in [3.8, 4) is 0 Å². The van der Waals surface area contributed by atoms with Gasteiger partial charge in [0, 0.05) is 26.3 Å². The minimum Gasteiger partial charge on any atom is -0.378 e. The largest absolute Gasteiger partial charge is 0.378 e. The number of ether oxygens (including phenoxy) is 1. The SMILES string of the molecule is CN1C(=O)/C(=C/N2CCOCC2)SC1=S. The molecule has 6 heteroatoms. The van der Waals surface area contributed by atoms with Gasteiger partial charge < -0.3 is 9.64 Å². The van der Waals surface area contributed by atoms with Crippen molar-refractivity contribution in [1.82, 2.24) is 9.80 Å². The van der Waals surface area contributed by atoms with Gasteiger partial charge in [0.1, 0.15) is 4.32 Å². The van der Waals surface area contributed by atoms with Crippen LogP contribution < -0.4 is 0 Å². The van der Waals surface area contributed by atoms with Crippen molar-refractivity contribution >= 4 is 34.2 Å². The topological polar surface area (TPSA) is 32.8 Å². The number of amides is 1. The first-order valence-electron chi connectivity index (χ1n) is 4.72. The van der Waals surface area contributed by atoms with E-state index in [1.165, 1.54) is 16.7 Å². The van der Waals surface area contributed by atoms with Gasteiger partial charge in [-0.25, -0.2) is 0 Å². The molecule has 15 heavy (non-hydrogen) atoms. The molecular formula is C9H12N2O2S2. The fourth-order valence-electron chi connectivity index (χ4n) is 1.41. The van der Waals surface area contributed by atoms with Crippen LogP contribution in [0.2, 0.25) is 0 Å². The predicted molar refractivity (Wildman–Crippen MR) is 63.4 cm³/mol. The van der Waals surface area contributed by atoms with Crippen LogP contribution in [0.15, 0.2) is 11.1 Å². The lowest BCUT2D eigenvalue weighted by molar-refractivity contribution is -0.121. The summed E-state index contributed by atoms with van der Waals surface area (Å²) in [5.74, 6) is -0.00325. The molecule has 4 nitrogen and oxygen atoms in total. The highest BCUT2D eigenvalue weighted by Crippen LogP contribution is 2.29. The number of carbonyl (C=O) groups excluding carboxylic acids is 1. The van der Waals surface area contributed by atoms with E-state index in [-0.39, 0.29) is 5.91 Å². The van der Waals surface area contributed by atoms with E-state index in [2.05, 4.69) is 4.90 Å². The fraction of sp³-hybridized carbons (Fsp3) is 0.556. The Morgan fingerprint density at radius 3 is 2.67 bits per heavy atom. The second-order valence-corrected chi connectivity index (χ2v) is 5.05. The summed E-state index contributed by atoms with van der Waals surface area (Å²) in [7, 11) is 1.71. The highest BCUT2D eigenvalue weighted by atomic mass is 32.2. The fourth-order valence-corrected chi connectivity index (χ4v) is 2.59. The summed E-state index contributed by atoms with van der Waals surface area (Å²) in [5, 5.41) is 0. The summed E-state index contributed by atoms with van der Waals surface area (Å²) in [4.78, 5) is 16.0. The van der Waals surface area contributed by atoms with Crippen molar-refractivity contribution < 1.29 is 9.53 Å². The predicted octanol–water partition coefficient (Wildman–Crippen LogP) is 0.650. The quantitative estimate of drug-likeness (QED) is 0.499. The Balaban J connectivity index is 2.07. The van der Waals surface area contributed by atoms with E-state index in [0.717, 1.165) is 26.3 Å². The molecule has 2 heterocycles. The molecule has 0 radical (unpaired) electrons.